The van der Waals surface area contributed by atoms with Crippen LogP contribution in [0.1, 0.15) is 18.2 Å². The lowest BCUT2D eigenvalue weighted by molar-refractivity contribution is -0.139. The van der Waals surface area contributed by atoms with Crippen LogP contribution in [0.4, 0.5) is 0 Å². The van der Waals surface area contributed by atoms with E-state index in [1.165, 1.54) is 7.11 Å². The summed E-state index contributed by atoms with van der Waals surface area (Å²) < 4.78 is 9.72. The molecule has 0 unspecified atom stereocenters. The first kappa shape index (κ1) is 12.3. The number of para-hydroxylation sites is 1. The molecule has 0 atom stereocenters. The molecule has 2 aromatic rings. The number of fused-ring (bicyclic) bond motifs is 1. The van der Waals surface area contributed by atoms with Gasteiger partial charge in [0.1, 0.15) is 5.58 Å². The number of ether oxygens (including phenoxy) is 1. The predicted octanol–water partition coefficient (Wildman–Crippen LogP) is 1.47. The van der Waals surface area contributed by atoms with Crippen LogP contribution >= 0.6 is 0 Å². The van der Waals surface area contributed by atoms with E-state index >= 15 is 0 Å². The molecule has 2 rings (SSSR count). The minimum atomic E-state index is -0.642. The number of rotatable bonds is 3. The minimum Gasteiger partial charge on any atom is -0.469 e. The van der Waals surface area contributed by atoms with Crippen molar-refractivity contribution in [3.05, 3.63) is 40.0 Å². The van der Waals surface area contributed by atoms with Crippen LogP contribution in [-0.2, 0) is 22.4 Å². The van der Waals surface area contributed by atoms with E-state index in [0.717, 1.165) is 5.39 Å². The molecule has 0 saturated carbocycles. The maximum Gasteiger partial charge on any atom is 0.439 e. The fraction of sp³-hybridized carbons (Fsp3) is 0.308. The summed E-state index contributed by atoms with van der Waals surface area (Å²) in [7, 11) is 1.32. The van der Waals surface area contributed by atoms with Gasteiger partial charge in [-0.3, -0.25) is 4.79 Å². The monoisotopic (exact) mass is 247 g/mol. The van der Waals surface area contributed by atoms with Gasteiger partial charge >= 0.3 is 11.7 Å². The molecule has 0 saturated heterocycles. The molecule has 0 N–H and O–H groups in total. The standard InChI is InChI=1S/C13H13NO4/c1-3-10-9-6-4-5-8(7-11(15)17-2)12(9)18-13(16)14-10/h4-6H,3,7H2,1-2H3. The topological polar surface area (TPSA) is 69.4 Å². The number of aryl methyl sites for hydroxylation is 1. The Hall–Kier alpha value is -2.17. The summed E-state index contributed by atoms with van der Waals surface area (Å²) in [6, 6.07) is 5.37. The van der Waals surface area contributed by atoms with Crippen LogP contribution < -0.4 is 5.76 Å². The smallest absolute Gasteiger partial charge is 0.439 e. The Morgan fingerprint density at radius 1 is 1.44 bits per heavy atom. The van der Waals surface area contributed by atoms with Crippen molar-refractivity contribution in [3.8, 4) is 0 Å². The van der Waals surface area contributed by atoms with Crippen molar-refractivity contribution in [2.75, 3.05) is 7.11 Å². The molecular weight excluding hydrogens is 234 g/mol. The van der Waals surface area contributed by atoms with Crippen molar-refractivity contribution in [1.29, 1.82) is 0 Å². The molecule has 18 heavy (non-hydrogen) atoms. The first-order chi connectivity index (χ1) is 8.65. The second-order valence-corrected chi connectivity index (χ2v) is 3.83. The summed E-state index contributed by atoms with van der Waals surface area (Å²) in [5.41, 5.74) is 1.72. The minimum absolute atomic E-state index is 0.0734. The number of methoxy groups -OCH3 is 1. The van der Waals surface area contributed by atoms with E-state index in [-0.39, 0.29) is 12.4 Å². The lowest BCUT2D eigenvalue weighted by Gasteiger charge is -2.06. The number of carbonyl (C=O) groups excluding carboxylic acids is 1. The number of hydrogen-bond acceptors (Lipinski definition) is 5. The summed E-state index contributed by atoms with van der Waals surface area (Å²) in [5.74, 6) is -1.02. The molecule has 94 valence electrons. The third-order valence-electron chi connectivity index (χ3n) is 2.72. The highest BCUT2D eigenvalue weighted by molar-refractivity contribution is 5.85. The zero-order valence-corrected chi connectivity index (χ0v) is 10.2. The number of esters is 1. The van der Waals surface area contributed by atoms with E-state index in [0.29, 0.717) is 23.3 Å². The highest BCUT2D eigenvalue weighted by Gasteiger charge is 2.12. The highest BCUT2D eigenvalue weighted by atomic mass is 16.5. The molecule has 5 heteroatoms. The molecular formula is C13H13NO4. The van der Waals surface area contributed by atoms with E-state index in [4.69, 9.17) is 4.42 Å². The number of hydrogen-bond donors (Lipinski definition) is 0. The Labute approximate surface area is 103 Å². The molecule has 1 heterocycles. The molecule has 0 amide bonds. The van der Waals surface area contributed by atoms with E-state index in [1.54, 1.807) is 12.1 Å². The van der Waals surface area contributed by atoms with Crippen LogP contribution in [-0.4, -0.2) is 18.1 Å². The molecule has 1 aromatic carbocycles. The van der Waals surface area contributed by atoms with Gasteiger partial charge in [-0.15, -0.1) is 0 Å². The third-order valence-corrected chi connectivity index (χ3v) is 2.72. The lowest BCUT2D eigenvalue weighted by Crippen LogP contribution is -2.10. The Bertz CT molecular complexity index is 645. The van der Waals surface area contributed by atoms with Gasteiger partial charge in [-0.1, -0.05) is 19.1 Å². The summed E-state index contributed by atoms with van der Waals surface area (Å²) >= 11 is 0. The van der Waals surface area contributed by atoms with Gasteiger partial charge in [-0.05, 0) is 12.5 Å². The zero-order chi connectivity index (χ0) is 13.1. The number of carbonyl (C=O) groups is 1. The van der Waals surface area contributed by atoms with Gasteiger partial charge in [0.05, 0.1) is 19.2 Å². The van der Waals surface area contributed by atoms with Gasteiger partial charge in [0.15, 0.2) is 0 Å². The van der Waals surface area contributed by atoms with Crippen molar-refractivity contribution in [2.45, 2.75) is 19.8 Å². The van der Waals surface area contributed by atoms with Crippen LogP contribution in [0.25, 0.3) is 11.0 Å². The second kappa shape index (κ2) is 5.00. The van der Waals surface area contributed by atoms with Gasteiger partial charge in [0, 0.05) is 10.9 Å². The van der Waals surface area contributed by atoms with Crippen molar-refractivity contribution in [2.24, 2.45) is 0 Å². The van der Waals surface area contributed by atoms with Gasteiger partial charge in [0.25, 0.3) is 0 Å². The molecule has 0 aliphatic heterocycles. The first-order valence-corrected chi connectivity index (χ1v) is 5.64. The molecule has 0 fully saturated rings. The van der Waals surface area contributed by atoms with Crippen molar-refractivity contribution in [1.82, 2.24) is 4.98 Å². The molecule has 0 aliphatic rings. The Balaban J connectivity index is 2.65. The number of aromatic nitrogens is 1. The Morgan fingerprint density at radius 2 is 2.22 bits per heavy atom. The highest BCUT2D eigenvalue weighted by Crippen LogP contribution is 2.20. The van der Waals surface area contributed by atoms with Gasteiger partial charge in [-0.2, -0.15) is 4.98 Å². The molecule has 0 spiro atoms. The fourth-order valence-electron chi connectivity index (χ4n) is 1.85. The Kier molecular flexibility index (Phi) is 3.41. The third kappa shape index (κ3) is 2.25. The van der Waals surface area contributed by atoms with Crippen molar-refractivity contribution >= 4 is 16.9 Å². The predicted molar refractivity (Wildman–Crippen MR) is 65.4 cm³/mol. The summed E-state index contributed by atoms with van der Waals surface area (Å²) in [4.78, 5) is 26.5. The molecule has 0 bridgehead atoms. The van der Waals surface area contributed by atoms with E-state index in [2.05, 4.69) is 9.72 Å². The maximum absolute atomic E-state index is 11.4. The van der Waals surface area contributed by atoms with Crippen LogP contribution in [0.5, 0.6) is 0 Å². The van der Waals surface area contributed by atoms with Crippen molar-refractivity contribution < 1.29 is 13.9 Å². The van der Waals surface area contributed by atoms with Crippen LogP contribution in [0.15, 0.2) is 27.4 Å². The normalized spacial score (nSPS) is 10.6. The van der Waals surface area contributed by atoms with E-state index in [9.17, 15) is 9.59 Å². The summed E-state index contributed by atoms with van der Waals surface area (Å²) in [5, 5.41) is 0.763. The maximum atomic E-state index is 11.4. The van der Waals surface area contributed by atoms with Gasteiger partial charge in [-0.25, -0.2) is 4.79 Å². The lowest BCUT2D eigenvalue weighted by atomic mass is 10.1. The molecule has 0 aliphatic carbocycles. The van der Waals surface area contributed by atoms with Crippen molar-refractivity contribution in [3.63, 3.8) is 0 Å². The zero-order valence-electron chi connectivity index (χ0n) is 10.2. The quantitative estimate of drug-likeness (QED) is 0.768. The fourth-order valence-corrected chi connectivity index (χ4v) is 1.85. The number of benzene rings is 1. The average Bonchev–Trinajstić information content (AvgIpc) is 2.38. The number of nitrogens with zero attached hydrogens (tertiary/aromatic N) is 1. The molecule has 1 aromatic heterocycles. The van der Waals surface area contributed by atoms with E-state index in [1.807, 2.05) is 13.0 Å². The van der Waals surface area contributed by atoms with Crippen LogP contribution in [0.2, 0.25) is 0 Å². The summed E-state index contributed by atoms with van der Waals surface area (Å²) in [6.07, 6.45) is 0.702. The second-order valence-electron chi connectivity index (χ2n) is 3.83. The SMILES string of the molecule is CCc1nc(=O)oc2c(CC(=O)OC)cccc12. The van der Waals surface area contributed by atoms with Gasteiger partial charge < -0.3 is 9.15 Å². The van der Waals surface area contributed by atoms with Crippen LogP contribution in [0.3, 0.4) is 0 Å². The van der Waals surface area contributed by atoms with E-state index < -0.39 is 5.76 Å². The first-order valence-electron chi connectivity index (χ1n) is 5.64. The average molecular weight is 247 g/mol. The molecule has 0 radical (unpaired) electrons. The Morgan fingerprint density at radius 3 is 2.89 bits per heavy atom. The largest absolute Gasteiger partial charge is 0.469 e. The van der Waals surface area contributed by atoms with Gasteiger partial charge in [0.2, 0.25) is 0 Å². The van der Waals surface area contributed by atoms with Crippen LogP contribution in [0, 0.1) is 0 Å². The molecule has 5 nitrogen and oxygen atoms in total. The summed E-state index contributed by atoms with van der Waals surface area (Å²) in [6.45, 7) is 1.91.